The molecular weight excluding hydrogens is 1080 g/mol. The first-order chi connectivity index (χ1) is 35.5. The Labute approximate surface area is 446 Å². The smallest absolute Gasteiger partial charge is 0.135 e. The molecule has 13 rings (SSSR count). The normalized spacial score (nSPS) is 12.4. The van der Waals surface area contributed by atoms with Gasteiger partial charge in [-0.05, 0) is 130 Å². The summed E-state index contributed by atoms with van der Waals surface area (Å²) < 4.78 is 11.4. The molecule has 1 aliphatic rings. The molecule has 3 aromatic heterocycles. The zero-order valence-corrected chi connectivity index (χ0v) is 44.5. The molecule has 0 saturated carbocycles. The van der Waals surface area contributed by atoms with Crippen LogP contribution in [0.15, 0.2) is 206 Å². The first-order valence-corrected chi connectivity index (χ1v) is 25.2. The molecule has 12 aromatic rings. The Bertz CT molecular complexity index is 4250. The summed E-state index contributed by atoms with van der Waals surface area (Å²) in [5.41, 5.74) is 13.1. The van der Waals surface area contributed by atoms with Gasteiger partial charge in [0.2, 0.25) is 0 Å². The predicted octanol–water partition coefficient (Wildman–Crippen LogP) is 18.2. The van der Waals surface area contributed by atoms with E-state index >= 15 is 0 Å². The van der Waals surface area contributed by atoms with Crippen molar-refractivity contribution in [1.29, 1.82) is 0 Å². The van der Waals surface area contributed by atoms with Crippen LogP contribution in [0.3, 0.4) is 0 Å². The van der Waals surface area contributed by atoms with Crippen molar-refractivity contribution < 1.29 is 25.8 Å². The largest absolute Gasteiger partial charge is 0.509 e. The molecule has 0 atom stereocenters. The topological polar surface area (TPSA) is 35.2 Å². The van der Waals surface area contributed by atoms with Crippen LogP contribution in [0.5, 0.6) is 11.5 Å². The number of rotatable bonds is 6. The third-order valence-corrected chi connectivity index (χ3v) is 14.6. The van der Waals surface area contributed by atoms with E-state index in [0.717, 1.165) is 71.9 Å². The van der Waals surface area contributed by atoms with E-state index in [2.05, 4.69) is 262 Å². The van der Waals surface area contributed by atoms with Gasteiger partial charge in [0, 0.05) is 50.0 Å². The number of aromatic nitrogens is 3. The molecule has 364 valence electrons. The van der Waals surface area contributed by atoms with Gasteiger partial charge in [0.1, 0.15) is 5.82 Å². The number of ether oxygens (including phenoxy) is 1. The van der Waals surface area contributed by atoms with E-state index in [0.29, 0.717) is 11.5 Å². The number of para-hydroxylation sites is 3. The van der Waals surface area contributed by atoms with Gasteiger partial charge in [0.15, 0.2) is 0 Å². The zero-order valence-electron chi connectivity index (χ0n) is 42.2. The Morgan fingerprint density at radius 1 is 0.459 bits per heavy atom. The van der Waals surface area contributed by atoms with Crippen molar-refractivity contribution in [2.75, 3.05) is 4.90 Å². The van der Waals surface area contributed by atoms with Gasteiger partial charge < -0.3 is 18.8 Å². The minimum atomic E-state index is -0.0923. The fourth-order valence-corrected chi connectivity index (χ4v) is 10.9. The maximum atomic E-state index is 6.79. The van der Waals surface area contributed by atoms with E-state index in [1.165, 1.54) is 43.8 Å². The van der Waals surface area contributed by atoms with Crippen molar-refractivity contribution in [3.63, 3.8) is 0 Å². The fraction of sp³-hybridized carbons (Fsp3) is 0.118. The third-order valence-electron chi connectivity index (χ3n) is 14.6. The Hall–Kier alpha value is -8.11. The average Bonchev–Trinajstić information content (AvgIpc) is 3.98. The second kappa shape index (κ2) is 18.1. The summed E-state index contributed by atoms with van der Waals surface area (Å²) in [6.07, 6.45) is 1.91. The van der Waals surface area contributed by atoms with Crippen LogP contribution in [0.25, 0.3) is 93.2 Å². The van der Waals surface area contributed by atoms with Crippen molar-refractivity contribution in [1.82, 2.24) is 14.1 Å². The molecule has 74 heavy (non-hydrogen) atoms. The first-order valence-electron chi connectivity index (χ1n) is 25.2. The average molecular weight is 1140 g/mol. The molecule has 0 unspecified atom stereocenters. The van der Waals surface area contributed by atoms with E-state index in [9.17, 15) is 0 Å². The van der Waals surface area contributed by atoms with Gasteiger partial charge >= 0.3 is 0 Å². The van der Waals surface area contributed by atoms with Crippen molar-refractivity contribution >= 4 is 76.5 Å². The summed E-state index contributed by atoms with van der Waals surface area (Å²) in [6.45, 7) is 15.9. The molecule has 0 bridgehead atoms. The monoisotopic (exact) mass is 1140 g/mol. The Balaban J connectivity index is 0.00000556. The molecule has 0 amide bonds. The number of pyridine rings is 1. The molecule has 0 N–H and O–H groups in total. The number of nitrogens with zero attached hydrogens (tertiary/aromatic N) is 4. The summed E-state index contributed by atoms with van der Waals surface area (Å²) in [7, 11) is 0. The molecule has 0 aliphatic carbocycles. The second-order valence-corrected chi connectivity index (χ2v) is 21.3. The Kier molecular flexibility index (Phi) is 11.5. The van der Waals surface area contributed by atoms with Crippen molar-refractivity contribution in [2.24, 2.45) is 0 Å². The predicted molar refractivity (Wildman–Crippen MR) is 305 cm³/mol. The van der Waals surface area contributed by atoms with Gasteiger partial charge in [0.25, 0.3) is 0 Å². The van der Waals surface area contributed by atoms with Crippen molar-refractivity contribution in [2.45, 2.75) is 52.4 Å². The molecule has 5 nitrogen and oxygen atoms in total. The van der Waals surface area contributed by atoms with Crippen LogP contribution in [-0.4, -0.2) is 14.1 Å². The Morgan fingerprint density at radius 2 is 1.05 bits per heavy atom. The summed E-state index contributed by atoms with van der Waals surface area (Å²) in [6, 6.07) is 79.6. The summed E-state index contributed by atoms with van der Waals surface area (Å²) in [5.74, 6) is 2.03. The second-order valence-electron chi connectivity index (χ2n) is 21.3. The number of hydrogen-bond donors (Lipinski definition) is 0. The fourth-order valence-electron chi connectivity index (χ4n) is 10.9. The van der Waals surface area contributed by atoms with Gasteiger partial charge in [-0.2, -0.15) is 12.1 Å². The van der Waals surface area contributed by atoms with Gasteiger partial charge in [-0.25, -0.2) is 4.98 Å². The molecule has 0 radical (unpaired) electrons. The van der Waals surface area contributed by atoms with Crippen LogP contribution in [0.1, 0.15) is 52.7 Å². The molecule has 4 heterocycles. The van der Waals surface area contributed by atoms with Crippen LogP contribution in [-0.2, 0) is 31.9 Å². The molecule has 6 heteroatoms. The minimum Gasteiger partial charge on any atom is -0.509 e. The van der Waals surface area contributed by atoms with Crippen LogP contribution < -0.4 is 9.64 Å². The number of benzene rings is 9. The van der Waals surface area contributed by atoms with Crippen LogP contribution in [0.4, 0.5) is 11.4 Å². The number of hydrogen-bond acceptors (Lipinski definition) is 3. The van der Waals surface area contributed by atoms with Gasteiger partial charge in [-0.1, -0.05) is 192 Å². The van der Waals surface area contributed by atoms with E-state index in [4.69, 9.17) is 9.72 Å². The molecule has 1 aliphatic heterocycles. The maximum Gasteiger partial charge on any atom is 0.135 e. The van der Waals surface area contributed by atoms with E-state index in [-0.39, 0.29) is 31.9 Å². The van der Waals surface area contributed by atoms with Crippen LogP contribution in [0, 0.1) is 18.8 Å². The SMILES string of the molecule is CC(C)(C)c1cc(-c2ccccc2)cc(-c2cccc3c4ccccc4c4ccccc4c4cccc5c4n(c23)[CH-]N5c2[c-]c(Oc3[c-]c4c(cc3)c3ccccc3n4-c3cc(C(C)(C)C)ccn3)ccc2)c1.[Pt]. The zero-order chi connectivity index (χ0) is 49.6. The van der Waals surface area contributed by atoms with Gasteiger partial charge in [-0.15, -0.1) is 35.7 Å². The molecule has 0 saturated heterocycles. The van der Waals surface area contributed by atoms with Gasteiger partial charge in [0.05, 0.1) is 0 Å². The maximum absolute atomic E-state index is 6.79. The van der Waals surface area contributed by atoms with Crippen molar-refractivity contribution in [3.05, 3.63) is 236 Å². The third kappa shape index (κ3) is 7.98. The van der Waals surface area contributed by atoms with E-state index in [1.807, 2.05) is 18.3 Å². The van der Waals surface area contributed by atoms with E-state index in [1.54, 1.807) is 0 Å². The molecule has 0 spiro atoms. The summed E-state index contributed by atoms with van der Waals surface area (Å²) >= 11 is 0. The first kappa shape index (κ1) is 46.9. The molecule has 0 fully saturated rings. The summed E-state index contributed by atoms with van der Waals surface area (Å²) in [4.78, 5) is 7.16. The van der Waals surface area contributed by atoms with E-state index < -0.39 is 0 Å². The van der Waals surface area contributed by atoms with Crippen LogP contribution in [0.2, 0.25) is 0 Å². The quantitative estimate of drug-likeness (QED) is 0.156. The molecular formula is C68H53N4OPt-3. The Morgan fingerprint density at radius 3 is 1.77 bits per heavy atom. The standard InChI is InChI=1S/C68H53N4O.Pt/c1-67(2,3)47-35-36-69-64(40-47)72-61-31-15-14-27-57(61)58-34-33-51(42-63(58)72)73-50-22-16-21-49(41-50)70-43-71-65-52(46-37-45(44-19-8-7-9-20-44)38-48(39-46)68(4,5)6)28-17-29-59(65)55-25-12-10-23-53(55)54-24-11-13-26-56(54)60-30-18-32-62(70)66(60)71;/h7-40,43H,1-6H3;/q-3;. The molecule has 9 aromatic carbocycles. The van der Waals surface area contributed by atoms with Crippen LogP contribution >= 0.6 is 0 Å². The number of fused-ring (bicyclic) bond motifs is 10. The van der Waals surface area contributed by atoms with Crippen molar-refractivity contribution in [3.8, 4) is 39.6 Å². The van der Waals surface area contributed by atoms with Gasteiger partial charge in [-0.3, -0.25) is 0 Å². The number of anilines is 2. The summed E-state index contributed by atoms with van der Waals surface area (Å²) in [5, 5.41) is 9.25. The minimum absolute atomic E-state index is 0.